The standard InChI is InChI=1S/C11H14N2O3/c1-13-10(15)7-5-3-2-4-6(7)8(9(12)14)11(13)16/h8H,2-5H2,1H3,(H2,12,14). The van der Waals surface area contributed by atoms with Crippen molar-refractivity contribution in [1.82, 2.24) is 4.90 Å². The Balaban J connectivity index is 2.52. The highest BCUT2D eigenvalue weighted by Crippen LogP contribution is 2.35. The largest absolute Gasteiger partial charge is 0.369 e. The minimum absolute atomic E-state index is 0.266. The Bertz CT molecular complexity index is 411. The molecule has 5 nitrogen and oxygen atoms in total. The SMILES string of the molecule is CN1C(=O)C2=C(CCCC2)C(C(N)=O)C1=O. The number of rotatable bonds is 1. The zero-order valence-electron chi connectivity index (χ0n) is 9.16. The van der Waals surface area contributed by atoms with E-state index in [2.05, 4.69) is 0 Å². The lowest BCUT2D eigenvalue weighted by atomic mass is 9.79. The van der Waals surface area contributed by atoms with Crippen LogP contribution in [0.1, 0.15) is 25.7 Å². The Hall–Kier alpha value is -1.65. The summed E-state index contributed by atoms with van der Waals surface area (Å²) in [5.74, 6) is -2.33. The molecule has 86 valence electrons. The second-order valence-electron chi connectivity index (χ2n) is 4.25. The van der Waals surface area contributed by atoms with Gasteiger partial charge in [-0.3, -0.25) is 19.3 Å². The predicted molar refractivity (Wildman–Crippen MR) is 56.0 cm³/mol. The van der Waals surface area contributed by atoms with E-state index in [-0.39, 0.29) is 5.91 Å². The third kappa shape index (κ3) is 1.43. The molecule has 1 atom stereocenters. The number of imide groups is 1. The van der Waals surface area contributed by atoms with Crippen molar-refractivity contribution in [3.8, 4) is 0 Å². The maximum absolute atomic E-state index is 11.8. The maximum atomic E-state index is 11.8. The molecular formula is C11H14N2O3. The first-order valence-electron chi connectivity index (χ1n) is 5.37. The average Bonchev–Trinajstić information content (AvgIpc) is 2.26. The van der Waals surface area contributed by atoms with Gasteiger partial charge in [0.05, 0.1) is 0 Å². The van der Waals surface area contributed by atoms with E-state index in [0.717, 1.165) is 17.7 Å². The van der Waals surface area contributed by atoms with Gasteiger partial charge in [0, 0.05) is 12.6 Å². The average molecular weight is 222 g/mol. The van der Waals surface area contributed by atoms with Crippen molar-refractivity contribution in [2.24, 2.45) is 11.7 Å². The van der Waals surface area contributed by atoms with Crippen LogP contribution in [0, 0.1) is 5.92 Å². The van der Waals surface area contributed by atoms with Crippen molar-refractivity contribution in [1.29, 1.82) is 0 Å². The Morgan fingerprint density at radius 3 is 2.56 bits per heavy atom. The van der Waals surface area contributed by atoms with E-state index in [0.29, 0.717) is 24.0 Å². The summed E-state index contributed by atoms with van der Waals surface area (Å²) >= 11 is 0. The summed E-state index contributed by atoms with van der Waals surface area (Å²) in [6.07, 6.45) is 3.12. The Morgan fingerprint density at radius 2 is 1.94 bits per heavy atom. The predicted octanol–water partition coefficient (Wildman–Crippen LogP) is -0.0429. The molecular weight excluding hydrogens is 208 g/mol. The number of nitrogens with two attached hydrogens (primary N) is 1. The Labute approximate surface area is 93.3 Å². The number of likely N-dealkylation sites (N-methyl/N-ethyl adjacent to an activating group) is 1. The molecule has 5 heteroatoms. The minimum Gasteiger partial charge on any atom is -0.369 e. The molecule has 0 spiro atoms. The highest BCUT2D eigenvalue weighted by molar-refractivity contribution is 6.16. The Morgan fingerprint density at radius 1 is 1.31 bits per heavy atom. The van der Waals surface area contributed by atoms with Gasteiger partial charge in [0.25, 0.3) is 5.91 Å². The van der Waals surface area contributed by atoms with Crippen molar-refractivity contribution in [2.45, 2.75) is 25.7 Å². The van der Waals surface area contributed by atoms with Crippen LogP contribution in [0.15, 0.2) is 11.1 Å². The summed E-state index contributed by atoms with van der Waals surface area (Å²) in [6, 6.07) is 0. The van der Waals surface area contributed by atoms with E-state index < -0.39 is 17.7 Å². The molecule has 0 radical (unpaired) electrons. The van der Waals surface area contributed by atoms with Crippen LogP contribution in [0.3, 0.4) is 0 Å². The number of primary amides is 1. The van der Waals surface area contributed by atoms with Gasteiger partial charge in [0.15, 0.2) is 0 Å². The molecule has 1 aliphatic heterocycles. The van der Waals surface area contributed by atoms with Gasteiger partial charge in [-0.15, -0.1) is 0 Å². The fraction of sp³-hybridized carbons (Fsp3) is 0.545. The van der Waals surface area contributed by atoms with E-state index >= 15 is 0 Å². The van der Waals surface area contributed by atoms with Gasteiger partial charge in [-0.25, -0.2) is 0 Å². The normalized spacial score (nSPS) is 25.8. The topological polar surface area (TPSA) is 80.5 Å². The van der Waals surface area contributed by atoms with Crippen LogP contribution in [-0.2, 0) is 14.4 Å². The first-order valence-corrected chi connectivity index (χ1v) is 5.37. The van der Waals surface area contributed by atoms with Gasteiger partial charge in [-0.2, -0.15) is 0 Å². The van der Waals surface area contributed by atoms with Crippen LogP contribution in [0.25, 0.3) is 0 Å². The Kier molecular flexibility index (Phi) is 2.53. The van der Waals surface area contributed by atoms with Crippen molar-refractivity contribution in [2.75, 3.05) is 7.05 Å². The van der Waals surface area contributed by atoms with E-state index in [1.807, 2.05) is 0 Å². The number of hydrogen-bond acceptors (Lipinski definition) is 3. The number of amides is 3. The molecule has 0 saturated heterocycles. The molecule has 2 aliphatic rings. The lowest BCUT2D eigenvalue weighted by molar-refractivity contribution is -0.146. The lowest BCUT2D eigenvalue weighted by Crippen LogP contribution is -2.49. The van der Waals surface area contributed by atoms with Crippen LogP contribution < -0.4 is 5.73 Å². The van der Waals surface area contributed by atoms with Crippen molar-refractivity contribution >= 4 is 17.7 Å². The van der Waals surface area contributed by atoms with Crippen molar-refractivity contribution < 1.29 is 14.4 Å². The third-order valence-electron chi connectivity index (χ3n) is 3.28. The molecule has 0 aromatic rings. The zero-order chi connectivity index (χ0) is 11.9. The molecule has 2 rings (SSSR count). The molecule has 1 aliphatic carbocycles. The molecule has 2 N–H and O–H groups in total. The van der Waals surface area contributed by atoms with Gasteiger partial charge in [0.1, 0.15) is 5.92 Å². The molecule has 0 fully saturated rings. The van der Waals surface area contributed by atoms with E-state index in [1.165, 1.54) is 7.05 Å². The number of hydrogen-bond donors (Lipinski definition) is 1. The van der Waals surface area contributed by atoms with Crippen LogP contribution in [0.5, 0.6) is 0 Å². The van der Waals surface area contributed by atoms with Crippen molar-refractivity contribution in [3.63, 3.8) is 0 Å². The summed E-state index contributed by atoms with van der Waals surface area (Å²) in [6.45, 7) is 0. The third-order valence-corrected chi connectivity index (χ3v) is 3.28. The summed E-state index contributed by atoms with van der Waals surface area (Å²) in [5.41, 5.74) is 6.52. The maximum Gasteiger partial charge on any atom is 0.256 e. The second kappa shape index (κ2) is 3.73. The molecule has 3 amide bonds. The summed E-state index contributed by atoms with van der Waals surface area (Å²) in [4.78, 5) is 35.9. The number of nitrogens with zero attached hydrogens (tertiary/aromatic N) is 1. The van der Waals surface area contributed by atoms with Gasteiger partial charge in [0.2, 0.25) is 11.8 Å². The highest BCUT2D eigenvalue weighted by Gasteiger charge is 2.42. The molecule has 1 heterocycles. The zero-order valence-corrected chi connectivity index (χ0v) is 9.16. The number of carbonyl (C=O) groups excluding carboxylic acids is 3. The molecule has 0 bridgehead atoms. The van der Waals surface area contributed by atoms with Crippen LogP contribution in [0.2, 0.25) is 0 Å². The van der Waals surface area contributed by atoms with Gasteiger partial charge < -0.3 is 5.73 Å². The molecule has 0 aromatic carbocycles. The quantitative estimate of drug-likeness (QED) is 0.499. The fourth-order valence-electron chi connectivity index (χ4n) is 2.43. The van der Waals surface area contributed by atoms with Crippen molar-refractivity contribution in [3.05, 3.63) is 11.1 Å². The summed E-state index contributed by atoms with van der Waals surface area (Å²) in [7, 11) is 1.40. The molecule has 0 aromatic heterocycles. The summed E-state index contributed by atoms with van der Waals surface area (Å²) < 4.78 is 0. The minimum atomic E-state index is -0.919. The van der Waals surface area contributed by atoms with E-state index in [1.54, 1.807) is 0 Å². The smallest absolute Gasteiger partial charge is 0.256 e. The van der Waals surface area contributed by atoms with E-state index in [9.17, 15) is 14.4 Å². The fourth-order valence-corrected chi connectivity index (χ4v) is 2.43. The molecule has 1 unspecified atom stereocenters. The lowest BCUT2D eigenvalue weighted by Gasteiger charge is -2.33. The molecule has 16 heavy (non-hydrogen) atoms. The van der Waals surface area contributed by atoms with Crippen LogP contribution in [0.4, 0.5) is 0 Å². The number of carbonyl (C=O) groups is 3. The van der Waals surface area contributed by atoms with Gasteiger partial charge in [-0.05, 0) is 31.3 Å². The second-order valence-corrected chi connectivity index (χ2v) is 4.25. The van der Waals surface area contributed by atoms with Gasteiger partial charge in [-0.1, -0.05) is 0 Å². The molecule has 0 saturated carbocycles. The highest BCUT2D eigenvalue weighted by atomic mass is 16.2. The van der Waals surface area contributed by atoms with Gasteiger partial charge >= 0.3 is 0 Å². The van der Waals surface area contributed by atoms with Crippen LogP contribution in [-0.4, -0.2) is 29.7 Å². The summed E-state index contributed by atoms with van der Waals surface area (Å²) in [5, 5.41) is 0. The monoisotopic (exact) mass is 222 g/mol. The van der Waals surface area contributed by atoms with Crippen LogP contribution >= 0.6 is 0 Å². The first-order chi connectivity index (χ1) is 7.54. The first kappa shape index (κ1) is 10.9. The van der Waals surface area contributed by atoms with E-state index in [4.69, 9.17) is 5.73 Å².